The summed E-state index contributed by atoms with van der Waals surface area (Å²) >= 11 is 0. The van der Waals surface area contributed by atoms with Gasteiger partial charge < -0.3 is 14.6 Å². The van der Waals surface area contributed by atoms with Crippen LogP contribution in [0.2, 0.25) is 0 Å². The lowest BCUT2D eigenvalue weighted by atomic mass is 9.89. The third kappa shape index (κ3) is 4.26. The molecule has 0 aliphatic rings. The standard InChI is InChI=1S/C20H26O3/c1-6-15-10-9-11-16(14-15)22-17-12-7-8-13-18(17)23-20(4,5)19(2,3)21/h7-14,21H,6H2,1-5H3. The van der Waals surface area contributed by atoms with Crippen LogP contribution in [0.15, 0.2) is 48.5 Å². The fraction of sp³-hybridized carbons (Fsp3) is 0.400. The Morgan fingerprint density at radius 3 is 2.17 bits per heavy atom. The van der Waals surface area contributed by atoms with E-state index >= 15 is 0 Å². The summed E-state index contributed by atoms with van der Waals surface area (Å²) in [5.74, 6) is 2.03. The highest BCUT2D eigenvalue weighted by atomic mass is 16.5. The van der Waals surface area contributed by atoms with E-state index in [0.29, 0.717) is 11.5 Å². The van der Waals surface area contributed by atoms with E-state index in [9.17, 15) is 5.11 Å². The van der Waals surface area contributed by atoms with E-state index in [1.165, 1.54) is 5.56 Å². The van der Waals surface area contributed by atoms with Crippen LogP contribution >= 0.6 is 0 Å². The summed E-state index contributed by atoms with van der Waals surface area (Å²) < 4.78 is 12.1. The maximum atomic E-state index is 10.3. The summed E-state index contributed by atoms with van der Waals surface area (Å²) in [5.41, 5.74) is -0.516. The highest BCUT2D eigenvalue weighted by Gasteiger charge is 2.37. The van der Waals surface area contributed by atoms with E-state index in [0.717, 1.165) is 12.2 Å². The molecule has 0 fully saturated rings. The number of para-hydroxylation sites is 2. The van der Waals surface area contributed by atoms with Gasteiger partial charge in [-0.3, -0.25) is 0 Å². The van der Waals surface area contributed by atoms with E-state index in [1.807, 2.05) is 56.3 Å². The first-order valence-corrected chi connectivity index (χ1v) is 8.00. The number of ether oxygens (including phenoxy) is 2. The van der Waals surface area contributed by atoms with Crippen LogP contribution in [-0.4, -0.2) is 16.3 Å². The van der Waals surface area contributed by atoms with Gasteiger partial charge in [-0.15, -0.1) is 0 Å². The summed E-state index contributed by atoms with van der Waals surface area (Å²) in [6.07, 6.45) is 0.959. The molecule has 0 aliphatic carbocycles. The van der Waals surface area contributed by atoms with Crippen molar-refractivity contribution in [2.24, 2.45) is 0 Å². The Balaban J connectivity index is 2.27. The molecule has 3 nitrogen and oxygen atoms in total. The molecule has 23 heavy (non-hydrogen) atoms. The zero-order chi connectivity index (χ0) is 17.1. The Morgan fingerprint density at radius 2 is 1.57 bits per heavy atom. The largest absolute Gasteiger partial charge is 0.481 e. The molecule has 0 heterocycles. The minimum atomic E-state index is -0.984. The molecule has 0 spiro atoms. The van der Waals surface area contributed by atoms with Crippen LogP contribution in [0.25, 0.3) is 0 Å². The molecule has 0 atom stereocenters. The summed E-state index contributed by atoms with van der Waals surface area (Å²) in [6.45, 7) is 9.31. The van der Waals surface area contributed by atoms with Crippen molar-refractivity contribution in [3.8, 4) is 17.2 Å². The molecule has 0 aliphatic heterocycles. The lowest BCUT2D eigenvalue weighted by Gasteiger charge is -2.37. The molecular formula is C20H26O3. The third-order valence-electron chi connectivity index (χ3n) is 4.22. The maximum Gasteiger partial charge on any atom is 0.169 e. The minimum Gasteiger partial charge on any atom is -0.481 e. The third-order valence-corrected chi connectivity index (χ3v) is 4.22. The average molecular weight is 314 g/mol. The van der Waals surface area contributed by atoms with Crippen LogP contribution in [0, 0.1) is 0 Å². The quantitative estimate of drug-likeness (QED) is 0.818. The molecule has 2 aromatic rings. The molecule has 0 unspecified atom stereocenters. The molecule has 0 amide bonds. The second-order valence-electron chi connectivity index (χ2n) is 6.72. The van der Waals surface area contributed by atoms with E-state index in [2.05, 4.69) is 13.0 Å². The van der Waals surface area contributed by atoms with Crippen molar-refractivity contribution in [1.29, 1.82) is 0 Å². The molecular weight excluding hydrogens is 288 g/mol. The van der Waals surface area contributed by atoms with Gasteiger partial charge in [0.15, 0.2) is 11.5 Å². The predicted molar refractivity (Wildman–Crippen MR) is 93.3 cm³/mol. The van der Waals surface area contributed by atoms with Gasteiger partial charge in [-0.25, -0.2) is 0 Å². The van der Waals surface area contributed by atoms with Crippen molar-refractivity contribution in [2.75, 3.05) is 0 Å². The van der Waals surface area contributed by atoms with Crippen molar-refractivity contribution in [2.45, 2.75) is 52.2 Å². The molecule has 1 N–H and O–H groups in total. The lowest BCUT2D eigenvalue weighted by molar-refractivity contribution is -0.0912. The summed E-state index contributed by atoms with van der Waals surface area (Å²) in [4.78, 5) is 0. The van der Waals surface area contributed by atoms with Crippen LogP contribution in [0.5, 0.6) is 17.2 Å². The first-order valence-electron chi connectivity index (χ1n) is 8.00. The van der Waals surface area contributed by atoms with Crippen molar-refractivity contribution in [1.82, 2.24) is 0 Å². The molecule has 2 aromatic carbocycles. The molecule has 0 saturated carbocycles. The summed E-state index contributed by atoms with van der Waals surface area (Å²) in [7, 11) is 0. The van der Waals surface area contributed by atoms with Gasteiger partial charge in [0.05, 0.1) is 5.60 Å². The predicted octanol–water partition coefficient (Wildman–Crippen LogP) is 4.97. The van der Waals surface area contributed by atoms with Crippen molar-refractivity contribution < 1.29 is 14.6 Å². The smallest absolute Gasteiger partial charge is 0.169 e. The molecule has 124 valence electrons. The highest BCUT2D eigenvalue weighted by Crippen LogP contribution is 2.36. The Kier molecular flexibility index (Phi) is 5.00. The number of aliphatic hydroxyl groups is 1. The van der Waals surface area contributed by atoms with Gasteiger partial charge in [0.2, 0.25) is 0 Å². The fourth-order valence-corrected chi connectivity index (χ4v) is 1.97. The second-order valence-corrected chi connectivity index (χ2v) is 6.72. The number of hydrogen-bond donors (Lipinski definition) is 1. The molecule has 0 bridgehead atoms. The average Bonchev–Trinajstić information content (AvgIpc) is 2.48. The molecule has 2 rings (SSSR count). The van der Waals surface area contributed by atoms with E-state index in [1.54, 1.807) is 13.8 Å². The summed E-state index contributed by atoms with van der Waals surface area (Å²) in [5, 5.41) is 10.3. The Morgan fingerprint density at radius 1 is 0.913 bits per heavy atom. The van der Waals surface area contributed by atoms with Crippen LogP contribution < -0.4 is 9.47 Å². The second kappa shape index (κ2) is 6.63. The maximum absolute atomic E-state index is 10.3. The molecule has 0 radical (unpaired) electrons. The molecule has 3 heteroatoms. The van der Waals surface area contributed by atoms with Crippen LogP contribution in [0.1, 0.15) is 40.2 Å². The monoisotopic (exact) mass is 314 g/mol. The first-order chi connectivity index (χ1) is 10.7. The van der Waals surface area contributed by atoms with E-state index in [4.69, 9.17) is 9.47 Å². The minimum absolute atomic E-state index is 0.613. The SMILES string of the molecule is CCc1cccc(Oc2ccccc2OC(C)(C)C(C)(C)O)c1. The van der Waals surface area contributed by atoms with Gasteiger partial charge in [-0.1, -0.05) is 31.2 Å². The molecule has 0 saturated heterocycles. The van der Waals surface area contributed by atoms with Gasteiger partial charge >= 0.3 is 0 Å². The fourth-order valence-electron chi connectivity index (χ4n) is 1.97. The van der Waals surface area contributed by atoms with Crippen molar-refractivity contribution >= 4 is 0 Å². The van der Waals surface area contributed by atoms with Crippen molar-refractivity contribution in [3.63, 3.8) is 0 Å². The van der Waals surface area contributed by atoms with Crippen LogP contribution in [-0.2, 0) is 6.42 Å². The van der Waals surface area contributed by atoms with Crippen LogP contribution in [0.3, 0.4) is 0 Å². The number of benzene rings is 2. The Labute approximate surface area is 138 Å². The zero-order valence-corrected chi connectivity index (χ0v) is 14.6. The molecule has 0 aromatic heterocycles. The number of aryl methyl sites for hydroxylation is 1. The van der Waals surface area contributed by atoms with Gasteiger partial charge in [0, 0.05) is 0 Å². The summed E-state index contributed by atoms with van der Waals surface area (Å²) in [6, 6.07) is 15.5. The Bertz CT molecular complexity index is 654. The van der Waals surface area contributed by atoms with E-state index < -0.39 is 11.2 Å². The topological polar surface area (TPSA) is 38.7 Å². The van der Waals surface area contributed by atoms with Gasteiger partial charge in [-0.2, -0.15) is 0 Å². The highest BCUT2D eigenvalue weighted by molar-refractivity contribution is 5.43. The van der Waals surface area contributed by atoms with Crippen LogP contribution in [0.4, 0.5) is 0 Å². The van der Waals surface area contributed by atoms with E-state index in [-0.39, 0.29) is 0 Å². The number of rotatable bonds is 6. The first kappa shape index (κ1) is 17.4. The van der Waals surface area contributed by atoms with Crippen molar-refractivity contribution in [3.05, 3.63) is 54.1 Å². The van der Waals surface area contributed by atoms with Gasteiger partial charge in [0.25, 0.3) is 0 Å². The zero-order valence-electron chi connectivity index (χ0n) is 14.6. The van der Waals surface area contributed by atoms with Gasteiger partial charge in [0.1, 0.15) is 11.4 Å². The Hall–Kier alpha value is -2.00. The lowest BCUT2D eigenvalue weighted by Crippen LogP contribution is -2.49. The normalized spacial score (nSPS) is 12.1. The number of hydrogen-bond acceptors (Lipinski definition) is 3. The van der Waals surface area contributed by atoms with Gasteiger partial charge in [-0.05, 0) is 63.9 Å².